The highest BCUT2D eigenvalue weighted by molar-refractivity contribution is 7.92. The maximum Gasteiger partial charge on any atom is 0.265 e. The molecule has 1 amide bonds. The fraction of sp³-hybridized carbons (Fsp3) is 0.133. The van der Waals surface area contributed by atoms with Gasteiger partial charge in [-0.2, -0.15) is 0 Å². The zero-order valence-corrected chi connectivity index (χ0v) is 14.7. The molecule has 0 radical (unpaired) electrons. The second kappa shape index (κ2) is 6.16. The van der Waals surface area contributed by atoms with E-state index in [-0.39, 0.29) is 26.5 Å². The Labute approximate surface area is 148 Å². The van der Waals surface area contributed by atoms with Crippen LogP contribution in [0, 0.1) is 0 Å². The quantitative estimate of drug-likeness (QED) is 0.844. The third kappa shape index (κ3) is 3.28. The molecule has 2 aromatic rings. The van der Waals surface area contributed by atoms with Crippen molar-refractivity contribution in [1.29, 1.82) is 0 Å². The summed E-state index contributed by atoms with van der Waals surface area (Å²) in [7, 11) is -3.94. The Morgan fingerprint density at radius 2 is 1.92 bits per heavy atom. The first-order chi connectivity index (χ1) is 11.3. The number of carbonyl (C=O) groups is 1. The van der Waals surface area contributed by atoms with Gasteiger partial charge in [-0.1, -0.05) is 23.2 Å². The van der Waals surface area contributed by atoms with Gasteiger partial charge in [0.25, 0.3) is 15.9 Å². The fourth-order valence-electron chi connectivity index (χ4n) is 2.17. The first-order valence-corrected chi connectivity index (χ1v) is 9.09. The minimum atomic E-state index is -3.94. The summed E-state index contributed by atoms with van der Waals surface area (Å²) >= 11 is 11.8. The summed E-state index contributed by atoms with van der Waals surface area (Å²) < 4.78 is 32.8. The average Bonchev–Trinajstić information content (AvgIpc) is 2.50. The Kier molecular flexibility index (Phi) is 4.33. The Balaban J connectivity index is 1.92. The lowest BCUT2D eigenvalue weighted by Gasteiger charge is -2.23. The van der Waals surface area contributed by atoms with E-state index in [0.717, 1.165) is 0 Å². The number of fused-ring (bicyclic) bond motifs is 1. The van der Waals surface area contributed by atoms with Crippen LogP contribution in [0.25, 0.3) is 0 Å². The van der Waals surface area contributed by atoms with Crippen molar-refractivity contribution in [2.24, 2.45) is 0 Å². The average molecular weight is 387 g/mol. The molecule has 0 saturated carbocycles. The molecule has 1 atom stereocenters. The molecule has 24 heavy (non-hydrogen) atoms. The van der Waals surface area contributed by atoms with E-state index >= 15 is 0 Å². The number of sulfonamides is 1. The SMILES string of the molecule is C[C@H]1Oc2ccc(NS(=O)(=O)c3cc(Cl)ccc3Cl)cc2NC1=O. The van der Waals surface area contributed by atoms with Gasteiger partial charge in [-0.05, 0) is 43.3 Å². The third-order valence-corrected chi connectivity index (χ3v) is 5.44. The molecule has 0 aromatic heterocycles. The number of ether oxygens (including phenoxy) is 1. The Morgan fingerprint density at radius 3 is 2.67 bits per heavy atom. The molecule has 1 aliphatic heterocycles. The number of nitrogens with one attached hydrogen (secondary N) is 2. The molecule has 2 N–H and O–H groups in total. The van der Waals surface area contributed by atoms with Crippen LogP contribution in [-0.2, 0) is 14.8 Å². The van der Waals surface area contributed by atoms with Crippen LogP contribution in [0.1, 0.15) is 6.92 Å². The van der Waals surface area contributed by atoms with Crippen molar-refractivity contribution in [2.75, 3.05) is 10.0 Å². The molecule has 0 fully saturated rings. The van der Waals surface area contributed by atoms with Gasteiger partial charge in [0.15, 0.2) is 6.10 Å². The monoisotopic (exact) mass is 386 g/mol. The Hall–Kier alpha value is -1.96. The van der Waals surface area contributed by atoms with Crippen LogP contribution in [0.3, 0.4) is 0 Å². The number of halogens is 2. The summed E-state index contributed by atoms with van der Waals surface area (Å²) in [6, 6.07) is 8.73. The standard InChI is InChI=1S/C15H12Cl2N2O4S/c1-8-15(20)18-12-7-10(3-5-13(12)23-8)19-24(21,22)14-6-9(16)2-4-11(14)17/h2-8,19H,1H3,(H,18,20)/t8-/m1/s1. The molecule has 0 unspecified atom stereocenters. The van der Waals surface area contributed by atoms with Crippen molar-refractivity contribution in [3.63, 3.8) is 0 Å². The van der Waals surface area contributed by atoms with Crippen LogP contribution in [0.5, 0.6) is 5.75 Å². The zero-order chi connectivity index (χ0) is 17.5. The molecule has 6 nitrogen and oxygen atoms in total. The summed E-state index contributed by atoms with van der Waals surface area (Å²) in [5.41, 5.74) is 0.638. The number of rotatable bonds is 3. The van der Waals surface area contributed by atoms with Crippen molar-refractivity contribution in [2.45, 2.75) is 17.9 Å². The summed E-state index contributed by atoms with van der Waals surface area (Å²) in [5, 5.41) is 2.95. The first kappa shape index (κ1) is 16.9. The number of hydrogen-bond donors (Lipinski definition) is 2. The van der Waals surface area contributed by atoms with Crippen LogP contribution in [-0.4, -0.2) is 20.4 Å². The summed E-state index contributed by atoms with van der Waals surface area (Å²) in [4.78, 5) is 11.5. The van der Waals surface area contributed by atoms with Crippen molar-refractivity contribution in [3.05, 3.63) is 46.4 Å². The molecule has 0 aliphatic carbocycles. The minimum absolute atomic E-state index is 0.0512. The molecule has 1 aliphatic rings. The zero-order valence-electron chi connectivity index (χ0n) is 12.3. The number of amides is 1. The van der Waals surface area contributed by atoms with Gasteiger partial charge in [-0.15, -0.1) is 0 Å². The van der Waals surface area contributed by atoms with Crippen molar-refractivity contribution in [3.8, 4) is 5.75 Å². The molecule has 2 aromatic carbocycles. The first-order valence-electron chi connectivity index (χ1n) is 6.86. The summed E-state index contributed by atoms with van der Waals surface area (Å²) in [5.74, 6) is 0.159. The van der Waals surface area contributed by atoms with Gasteiger partial charge in [-0.3, -0.25) is 9.52 Å². The fourth-order valence-corrected chi connectivity index (χ4v) is 3.98. The van der Waals surface area contributed by atoms with Gasteiger partial charge < -0.3 is 10.1 Å². The maximum atomic E-state index is 12.5. The van der Waals surface area contributed by atoms with E-state index in [2.05, 4.69) is 10.0 Å². The molecular formula is C15H12Cl2N2O4S. The second-order valence-electron chi connectivity index (χ2n) is 5.14. The maximum absolute atomic E-state index is 12.5. The van der Waals surface area contributed by atoms with Crippen LogP contribution in [0.15, 0.2) is 41.3 Å². The highest BCUT2D eigenvalue weighted by atomic mass is 35.5. The van der Waals surface area contributed by atoms with E-state index in [1.54, 1.807) is 13.0 Å². The molecule has 126 valence electrons. The highest BCUT2D eigenvalue weighted by Crippen LogP contribution is 2.33. The number of carbonyl (C=O) groups excluding carboxylic acids is 1. The molecule has 0 spiro atoms. The lowest BCUT2D eigenvalue weighted by Crippen LogP contribution is -2.34. The van der Waals surface area contributed by atoms with E-state index in [0.29, 0.717) is 11.4 Å². The minimum Gasteiger partial charge on any atom is -0.479 e. The van der Waals surface area contributed by atoms with Gasteiger partial charge in [0, 0.05) is 5.02 Å². The third-order valence-electron chi connectivity index (χ3n) is 3.35. The highest BCUT2D eigenvalue weighted by Gasteiger charge is 2.25. The van der Waals surface area contributed by atoms with Gasteiger partial charge in [0.1, 0.15) is 10.6 Å². The predicted molar refractivity (Wildman–Crippen MR) is 92.4 cm³/mol. The van der Waals surface area contributed by atoms with E-state index in [9.17, 15) is 13.2 Å². The lowest BCUT2D eigenvalue weighted by molar-refractivity contribution is -0.122. The van der Waals surface area contributed by atoms with E-state index in [1.807, 2.05) is 0 Å². The summed E-state index contributed by atoms with van der Waals surface area (Å²) in [6.07, 6.45) is -0.606. The van der Waals surface area contributed by atoms with Crippen molar-refractivity contribution < 1.29 is 17.9 Å². The molecule has 1 heterocycles. The Bertz CT molecular complexity index is 931. The van der Waals surface area contributed by atoms with Gasteiger partial charge in [0.2, 0.25) is 0 Å². The second-order valence-corrected chi connectivity index (χ2v) is 7.63. The number of anilines is 2. The smallest absolute Gasteiger partial charge is 0.265 e. The van der Waals surface area contributed by atoms with Crippen LogP contribution < -0.4 is 14.8 Å². The molecule has 0 saturated heterocycles. The summed E-state index contributed by atoms with van der Waals surface area (Å²) in [6.45, 7) is 1.62. The molecule has 0 bridgehead atoms. The predicted octanol–water partition coefficient (Wildman–Crippen LogP) is 3.51. The van der Waals surface area contributed by atoms with Crippen LogP contribution >= 0.6 is 23.2 Å². The normalized spacial score (nSPS) is 16.8. The van der Waals surface area contributed by atoms with Gasteiger partial charge in [-0.25, -0.2) is 8.42 Å². The largest absolute Gasteiger partial charge is 0.479 e. The topological polar surface area (TPSA) is 84.5 Å². The van der Waals surface area contributed by atoms with E-state index in [4.69, 9.17) is 27.9 Å². The van der Waals surface area contributed by atoms with Crippen molar-refractivity contribution in [1.82, 2.24) is 0 Å². The van der Waals surface area contributed by atoms with Gasteiger partial charge in [0.05, 0.1) is 16.4 Å². The van der Waals surface area contributed by atoms with Gasteiger partial charge >= 0.3 is 0 Å². The molecule has 3 rings (SSSR count). The van der Waals surface area contributed by atoms with E-state index < -0.39 is 16.1 Å². The molecular weight excluding hydrogens is 375 g/mol. The van der Waals surface area contributed by atoms with Crippen molar-refractivity contribution >= 4 is 50.5 Å². The van der Waals surface area contributed by atoms with E-state index in [1.165, 1.54) is 30.3 Å². The number of hydrogen-bond acceptors (Lipinski definition) is 4. The Morgan fingerprint density at radius 1 is 1.17 bits per heavy atom. The van der Waals surface area contributed by atoms with Crippen LogP contribution in [0.4, 0.5) is 11.4 Å². The molecule has 9 heteroatoms. The lowest BCUT2D eigenvalue weighted by atomic mass is 10.2. The number of benzene rings is 2. The van der Waals surface area contributed by atoms with Crippen LogP contribution in [0.2, 0.25) is 10.0 Å².